The maximum atomic E-state index is 12.6. The molecule has 0 bridgehead atoms. The van der Waals surface area contributed by atoms with Gasteiger partial charge in [0.25, 0.3) is 5.91 Å². The molecule has 0 saturated carbocycles. The second kappa shape index (κ2) is 5.59. The lowest BCUT2D eigenvalue weighted by atomic mass is 10.1. The van der Waals surface area contributed by atoms with E-state index in [2.05, 4.69) is 15.2 Å². The summed E-state index contributed by atoms with van der Waals surface area (Å²) in [6.45, 7) is 2.59. The number of nitrogens with one attached hydrogen (secondary N) is 1. The molecule has 7 heteroatoms. The summed E-state index contributed by atoms with van der Waals surface area (Å²) in [5, 5.41) is 15.1. The molecule has 2 N–H and O–H groups in total. The predicted octanol–water partition coefficient (Wildman–Crippen LogP) is 1.79. The highest BCUT2D eigenvalue weighted by atomic mass is 16.4. The zero-order chi connectivity index (χ0) is 15.7. The molecule has 1 aliphatic heterocycles. The van der Waals surface area contributed by atoms with Crippen molar-refractivity contribution in [1.82, 2.24) is 20.1 Å². The van der Waals surface area contributed by atoms with E-state index >= 15 is 0 Å². The van der Waals surface area contributed by atoms with Crippen LogP contribution in [0, 0.1) is 6.92 Å². The van der Waals surface area contributed by atoms with E-state index in [1.54, 1.807) is 17.3 Å². The molecule has 1 unspecified atom stereocenters. The Balaban J connectivity index is 1.86. The number of hydrogen-bond acceptors (Lipinski definition) is 4. The highest BCUT2D eigenvalue weighted by Gasteiger charge is 2.32. The van der Waals surface area contributed by atoms with Crippen LogP contribution in [0.5, 0.6) is 0 Å². The van der Waals surface area contributed by atoms with E-state index < -0.39 is 5.97 Å². The standard InChI is InChI=1S/C15H16N4O3/c1-9-5-10(8-16-7-9)13-3-2-4-19(13)14(20)11-6-12(15(21)22)18-17-11/h5-8,13H,2-4H2,1H3,(H,17,18)(H,21,22). The van der Waals surface area contributed by atoms with Crippen LogP contribution in [0.2, 0.25) is 0 Å². The quantitative estimate of drug-likeness (QED) is 0.900. The Kier molecular flexibility index (Phi) is 3.62. The van der Waals surface area contributed by atoms with Crippen molar-refractivity contribution < 1.29 is 14.7 Å². The summed E-state index contributed by atoms with van der Waals surface area (Å²) in [5.74, 6) is -1.39. The van der Waals surface area contributed by atoms with Gasteiger partial charge in [-0.05, 0) is 30.9 Å². The molecular formula is C15H16N4O3. The predicted molar refractivity (Wildman–Crippen MR) is 77.5 cm³/mol. The number of hydrogen-bond donors (Lipinski definition) is 2. The fourth-order valence-electron chi connectivity index (χ4n) is 2.80. The SMILES string of the molecule is Cc1cncc(C2CCCN2C(=O)c2cc(C(=O)O)[nH]n2)c1. The topological polar surface area (TPSA) is 99.2 Å². The van der Waals surface area contributed by atoms with Gasteiger partial charge in [0, 0.05) is 25.0 Å². The van der Waals surface area contributed by atoms with Crippen LogP contribution in [-0.4, -0.2) is 43.6 Å². The Hall–Kier alpha value is -2.70. The number of pyridine rings is 1. The molecule has 1 saturated heterocycles. The number of aromatic carboxylic acids is 1. The third-order valence-corrected chi connectivity index (χ3v) is 3.82. The summed E-state index contributed by atoms with van der Waals surface area (Å²) in [6.07, 6.45) is 5.32. The summed E-state index contributed by atoms with van der Waals surface area (Å²) in [7, 11) is 0. The number of carbonyl (C=O) groups excluding carboxylic acids is 1. The highest BCUT2D eigenvalue weighted by Crippen LogP contribution is 2.32. The van der Waals surface area contributed by atoms with E-state index in [-0.39, 0.29) is 23.3 Å². The molecule has 0 aliphatic carbocycles. The van der Waals surface area contributed by atoms with Crippen LogP contribution in [0.1, 0.15) is 51.0 Å². The van der Waals surface area contributed by atoms with E-state index in [4.69, 9.17) is 5.11 Å². The molecule has 3 rings (SSSR count). The van der Waals surface area contributed by atoms with Crippen LogP contribution >= 0.6 is 0 Å². The number of aryl methyl sites for hydroxylation is 1. The molecule has 114 valence electrons. The Labute approximate surface area is 127 Å². The van der Waals surface area contributed by atoms with Crippen molar-refractivity contribution in [3.05, 3.63) is 47.0 Å². The molecule has 2 aromatic heterocycles. The molecule has 3 heterocycles. The zero-order valence-corrected chi connectivity index (χ0v) is 12.1. The van der Waals surface area contributed by atoms with E-state index in [9.17, 15) is 9.59 Å². The zero-order valence-electron chi connectivity index (χ0n) is 12.1. The maximum Gasteiger partial charge on any atom is 0.353 e. The van der Waals surface area contributed by atoms with E-state index in [1.807, 2.05) is 13.0 Å². The molecule has 2 aromatic rings. The number of carboxylic acids is 1. The van der Waals surface area contributed by atoms with Crippen molar-refractivity contribution in [2.45, 2.75) is 25.8 Å². The Morgan fingerprint density at radius 1 is 1.36 bits per heavy atom. The second-order valence-electron chi connectivity index (χ2n) is 5.42. The lowest BCUT2D eigenvalue weighted by molar-refractivity contribution is 0.0689. The molecule has 22 heavy (non-hydrogen) atoms. The Morgan fingerprint density at radius 3 is 2.86 bits per heavy atom. The molecule has 0 aromatic carbocycles. The minimum atomic E-state index is -1.13. The van der Waals surface area contributed by atoms with Crippen molar-refractivity contribution in [2.24, 2.45) is 0 Å². The third kappa shape index (κ3) is 2.57. The van der Waals surface area contributed by atoms with E-state index in [1.165, 1.54) is 6.07 Å². The van der Waals surface area contributed by atoms with Crippen LogP contribution in [0.15, 0.2) is 24.5 Å². The van der Waals surface area contributed by atoms with E-state index in [0.717, 1.165) is 24.0 Å². The van der Waals surface area contributed by atoms with Gasteiger partial charge in [-0.3, -0.25) is 14.9 Å². The fraction of sp³-hybridized carbons (Fsp3) is 0.333. The second-order valence-corrected chi connectivity index (χ2v) is 5.42. The highest BCUT2D eigenvalue weighted by molar-refractivity contribution is 5.95. The van der Waals surface area contributed by atoms with Gasteiger partial charge in [-0.2, -0.15) is 5.10 Å². The summed E-state index contributed by atoms with van der Waals surface area (Å²) < 4.78 is 0. The number of amides is 1. The number of carboxylic acid groups (broad SMARTS) is 1. The number of H-pyrrole nitrogens is 1. The number of nitrogens with zero attached hydrogens (tertiary/aromatic N) is 3. The summed E-state index contributed by atoms with van der Waals surface area (Å²) in [6, 6.07) is 3.26. The largest absolute Gasteiger partial charge is 0.477 e. The molecular weight excluding hydrogens is 284 g/mol. The normalized spacial score (nSPS) is 17.7. The van der Waals surface area contributed by atoms with Crippen molar-refractivity contribution in [3.8, 4) is 0 Å². The number of likely N-dealkylation sites (tertiary alicyclic amines) is 1. The third-order valence-electron chi connectivity index (χ3n) is 3.82. The van der Waals surface area contributed by atoms with E-state index in [0.29, 0.717) is 6.54 Å². The molecule has 1 fully saturated rings. The van der Waals surface area contributed by atoms with Crippen molar-refractivity contribution in [3.63, 3.8) is 0 Å². The van der Waals surface area contributed by atoms with Crippen molar-refractivity contribution in [1.29, 1.82) is 0 Å². The van der Waals surface area contributed by atoms with Gasteiger partial charge in [0.15, 0.2) is 5.69 Å². The number of aromatic nitrogens is 3. The van der Waals surface area contributed by atoms with Gasteiger partial charge in [-0.1, -0.05) is 6.07 Å². The summed E-state index contributed by atoms with van der Waals surface area (Å²) in [5.41, 5.74) is 2.09. The number of aromatic amines is 1. The molecule has 0 radical (unpaired) electrons. The summed E-state index contributed by atoms with van der Waals surface area (Å²) in [4.78, 5) is 29.4. The average Bonchev–Trinajstić information content (AvgIpc) is 3.16. The van der Waals surface area contributed by atoms with Crippen molar-refractivity contribution >= 4 is 11.9 Å². The Morgan fingerprint density at radius 2 is 2.18 bits per heavy atom. The van der Waals surface area contributed by atoms with Gasteiger partial charge in [0.1, 0.15) is 5.69 Å². The molecule has 0 spiro atoms. The number of carbonyl (C=O) groups is 2. The molecule has 1 aliphatic rings. The van der Waals surface area contributed by atoms with Crippen LogP contribution in [0.4, 0.5) is 0 Å². The monoisotopic (exact) mass is 300 g/mol. The van der Waals surface area contributed by atoms with Gasteiger partial charge in [-0.15, -0.1) is 0 Å². The lowest BCUT2D eigenvalue weighted by Crippen LogP contribution is -2.31. The van der Waals surface area contributed by atoms with Gasteiger partial charge in [-0.25, -0.2) is 4.79 Å². The lowest BCUT2D eigenvalue weighted by Gasteiger charge is -2.24. The smallest absolute Gasteiger partial charge is 0.353 e. The van der Waals surface area contributed by atoms with Crippen LogP contribution in [0.3, 0.4) is 0 Å². The molecule has 1 atom stereocenters. The van der Waals surface area contributed by atoms with Gasteiger partial charge >= 0.3 is 5.97 Å². The number of rotatable bonds is 3. The van der Waals surface area contributed by atoms with Gasteiger partial charge < -0.3 is 10.0 Å². The first-order chi connectivity index (χ1) is 10.6. The molecule has 7 nitrogen and oxygen atoms in total. The summed E-state index contributed by atoms with van der Waals surface area (Å²) >= 11 is 0. The van der Waals surface area contributed by atoms with Crippen molar-refractivity contribution in [2.75, 3.05) is 6.54 Å². The minimum absolute atomic E-state index is 0.0371. The van der Waals surface area contributed by atoms with Crippen LogP contribution < -0.4 is 0 Å². The first-order valence-corrected chi connectivity index (χ1v) is 7.07. The first-order valence-electron chi connectivity index (χ1n) is 7.07. The maximum absolute atomic E-state index is 12.6. The first kappa shape index (κ1) is 14.2. The fourth-order valence-corrected chi connectivity index (χ4v) is 2.80. The minimum Gasteiger partial charge on any atom is -0.477 e. The van der Waals surface area contributed by atoms with Gasteiger partial charge in [0.2, 0.25) is 0 Å². The van der Waals surface area contributed by atoms with Crippen LogP contribution in [-0.2, 0) is 0 Å². The molecule has 1 amide bonds. The van der Waals surface area contributed by atoms with Crippen LogP contribution in [0.25, 0.3) is 0 Å². The Bertz CT molecular complexity index is 725. The average molecular weight is 300 g/mol. The van der Waals surface area contributed by atoms with Gasteiger partial charge in [0.05, 0.1) is 6.04 Å².